The van der Waals surface area contributed by atoms with Gasteiger partial charge in [-0.2, -0.15) is 5.10 Å². The first kappa shape index (κ1) is 12.3. The number of carbonyl (C=O) groups is 1. The van der Waals surface area contributed by atoms with Crippen LogP contribution in [0.3, 0.4) is 0 Å². The molecule has 1 heterocycles. The molecule has 2 amide bonds. The summed E-state index contributed by atoms with van der Waals surface area (Å²) in [4.78, 5) is 11.7. The first-order valence-electron chi connectivity index (χ1n) is 5.17. The molecule has 0 radical (unpaired) electrons. The van der Waals surface area contributed by atoms with Gasteiger partial charge in [0, 0.05) is 18.8 Å². The molecule has 7 heteroatoms. The van der Waals surface area contributed by atoms with Gasteiger partial charge in [0.25, 0.3) is 0 Å². The van der Waals surface area contributed by atoms with E-state index in [0.29, 0.717) is 22.2 Å². The highest BCUT2D eigenvalue weighted by atomic mass is 35.5. The molecule has 1 aromatic heterocycles. The van der Waals surface area contributed by atoms with E-state index in [1.54, 1.807) is 42.2 Å². The van der Waals surface area contributed by atoms with Gasteiger partial charge < -0.3 is 11.1 Å². The maximum atomic E-state index is 11.7. The van der Waals surface area contributed by atoms with Crippen LogP contribution in [0.2, 0.25) is 5.02 Å². The lowest BCUT2D eigenvalue weighted by atomic mass is 10.3. The average Bonchev–Trinajstić information content (AvgIpc) is 2.69. The highest BCUT2D eigenvalue weighted by Gasteiger charge is 2.07. The standard InChI is InChI=1S/C11H12ClN5O/c1-17-10(4-5-14-17)16-11(18)15-9-3-2-7(13)6-8(9)12/h2-6H,13H2,1H3,(H2,15,16,18). The Morgan fingerprint density at radius 3 is 2.78 bits per heavy atom. The van der Waals surface area contributed by atoms with Crippen molar-refractivity contribution in [2.24, 2.45) is 7.05 Å². The van der Waals surface area contributed by atoms with Crippen molar-refractivity contribution in [2.75, 3.05) is 16.4 Å². The van der Waals surface area contributed by atoms with E-state index in [9.17, 15) is 4.79 Å². The van der Waals surface area contributed by atoms with Gasteiger partial charge in [-0.3, -0.25) is 10.00 Å². The molecule has 0 aliphatic carbocycles. The molecular formula is C11H12ClN5O. The molecule has 0 unspecified atom stereocenters. The minimum absolute atomic E-state index is 0.384. The second-order valence-corrected chi connectivity index (χ2v) is 4.07. The number of halogens is 1. The Hall–Kier alpha value is -2.21. The van der Waals surface area contributed by atoms with E-state index in [1.165, 1.54) is 0 Å². The quantitative estimate of drug-likeness (QED) is 0.729. The molecule has 94 valence electrons. The van der Waals surface area contributed by atoms with Crippen LogP contribution in [-0.4, -0.2) is 15.8 Å². The van der Waals surface area contributed by atoms with Crippen molar-refractivity contribution in [3.63, 3.8) is 0 Å². The molecule has 18 heavy (non-hydrogen) atoms. The number of hydrogen-bond acceptors (Lipinski definition) is 3. The molecular weight excluding hydrogens is 254 g/mol. The number of nitrogens with two attached hydrogens (primary N) is 1. The molecule has 0 saturated carbocycles. The number of aryl methyl sites for hydroxylation is 1. The SMILES string of the molecule is Cn1nccc1NC(=O)Nc1ccc(N)cc1Cl. The summed E-state index contributed by atoms with van der Waals surface area (Å²) in [6.45, 7) is 0. The van der Waals surface area contributed by atoms with Crippen LogP contribution < -0.4 is 16.4 Å². The lowest BCUT2D eigenvalue weighted by Crippen LogP contribution is -2.21. The topological polar surface area (TPSA) is 85.0 Å². The van der Waals surface area contributed by atoms with Crippen molar-refractivity contribution in [3.05, 3.63) is 35.5 Å². The lowest BCUT2D eigenvalue weighted by Gasteiger charge is -2.09. The third-order valence-corrected chi connectivity index (χ3v) is 2.62. The van der Waals surface area contributed by atoms with Crippen molar-refractivity contribution < 1.29 is 4.79 Å². The molecule has 0 atom stereocenters. The minimum atomic E-state index is -0.398. The summed E-state index contributed by atoms with van der Waals surface area (Å²) in [6.07, 6.45) is 1.59. The average molecular weight is 266 g/mol. The zero-order valence-corrected chi connectivity index (χ0v) is 10.4. The Kier molecular flexibility index (Phi) is 3.38. The summed E-state index contributed by atoms with van der Waals surface area (Å²) in [7, 11) is 1.73. The summed E-state index contributed by atoms with van der Waals surface area (Å²) in [6, 6.07) is 6.16. The van der Waals surface area contributed by atoms with Crippen molar-refractivity contribution in [1.29, 1.82) is 0 Å². The third-order valence-electron chi connectivity index (χ3n) is 2.30. The Labute approximate surface area is 109 Å². The maximum Gasteiger partial charge on any atom is 0.324 e. The Morgan fingerprint density at radius 1 is 1.39 bits per heavy atom. The van der Waals surface area contributed by atoms with Gasteiger partial charge in [-0.1, -0.05) is 11.6 Å². The predicted octanol–water partition coefficient (Wildman–Crippen LogP) is 2.30. The number of nitrogen functional groups attached to an aromatic ring is 1. The number of benzene rings is 1. The van der Waals surface area contributed by atoms with Gasteiger partial charge in [0.15, 0.2) is 0 Å². The zero-order valence-electron chi connectivity index (χ0n) is 9.64. The summed E-state index contributed by atoms with van der Waals surface area (Å²) in [5.74, 6) is 0.582. The van der Waals surface area contributed by atoms with Crippen molar-refractivity contribution in [1.82, 2.24) is 9.78 Å². The van der Waals surface area contributed by atoms with E-state index in [-0.39, 0.29) is 0 Å². The van der Waals surface area contributed by atoms with Crippen molar-refractivity contribution in [3.8, 4) is 0 Å². The predicted molar refractivity (Wildman–Crippen MR) is 71.7 cm³/mol. The highest BCUT2D eigenvalue weighted by molar-refractivity contribution is 6.34. The normalized spacial score (nSPS) is 10.1. The van der Waals surface area contributed by atoms with Gasteiger partial charge in [-0.25, -0.2) is 4.79 Å². The lowest BCUT2D eigenvalue weighted by molar-refractivity contribution is 0.262. The summed E-state index contributed by atoms with van der Waals surface area (Å²) < 4.78 is 1.55. The third kappa shape index (κ3) is 2.72. The van der Waals surface area contributed by atoms with Gasteiger partial charge in [-0.15, -0.1) is 0 Å². The van der Waals surface area contributed by atoms with Crippen LogP contribution in [-0.2, 0) is 7.05 Å². The number of urea groups is 1. The molecule has 1 aromatic carbocycles. The second kappa shape index (κ2) is 4.97. The fraction of sp³-hybridized carbons (Fsp3) is 0.0909. The van der Waals surface area contributed by atoms with Crippen LogP contribution in [0, 0.1) is 0 Å². The van der Waals surface area contributed by atoms with E-state index in [0.717, 1.165) is 0 Å². The van der Waals surface area contributed by atoms with E-state index >= 15 is 0 Å². The first-order chi connectivity index (χ1) is 8.56. The molecule has 4 N–H and O–H groups in total. The van der Waals surface area contributed by atoms with Gasteiger partial charge in [0.2, 0.25) is 0 Å². The molecule has 0 spiro atoms. The largest absolute Gasteiger partial charge is 0.399 e. The van der Waals surface area contributed by atoms with Gasteiger partial charge in [-0.05, 0) is 18.2 Å². The number of nitrogens with one attached hydrogen (secondary N) is 2. The number of nitrogens with zero attached hydrogens (tertiary/aromatic N) is 2. The summed E-state index contributed by atoms with van der Waals surface area (Å²) >= 11 is 5.95. The number of anilines is 3. The number of rotatable bonds is 2. The maximum absolute atomic E-state index is 11.7. The van der Waals surface area contributed by atoms with Gasteiger partial charge in [0.05, 0.1) is 16.9 Å². The molecule has 0 aliphatic heterocycles. The summed E-state index contributed by atoms with van der Waals surface area (Å²) in [5, 5.41) is 9.59. The molecule has 0 fully saturated rings. The van der Waals surface area contributed by atoms with Crippen LogP contribution in [0.15, 0.2) is 30.5 Å². The van der Waals surface area contributed by atoms with Crippen LogP contribution >= 0.6 is 11.6 Å². The number of carbonyl (C=O) groups excluding carboxylic acids is 1. The van der Waals surface area contributed by atoms with Crippen molar-refractivity contribution in [2.45, 2.75) is 0 Å². The monoisotopic (exact) mass is 265 g/mol. The summed E-state index contributed by atoms with van der Waals surface area (Å²) in [5.41, 5.74) is 6.59. The van der Waals surface area contributed by atoms with E-state index < -0.39 is 6.03 Å². The zero-order chi connectivity index (χ0) is 13.1. The smallest absolute Gasteiger partial charge is 0.324 e. The molecule has 0 saturated heterocycles. The fourth-order valence-electron chi connectivity index (χ4n) is 1.40. The second-order valence-electron chi connectivity index (χ2n) is 3.66. The molecule has 2 aromatic rings. The van der Waals surface area contributed by atoms with Gasteiger partial charge >= 0.3 is 6.03 Å². The number of amides is 2. The van der Waals surface area contributed by atoms with Crippen LogP contribution in [0.25, 0.3) is 0 Å². The molecule has 0 aliphatic rings. The Balaban J connectivity index is 2.05. The van der Waals surface area contributed by atoms with E-state index in [2.05, 4.69) is 15.7 Å². The number of hydrogen-bond donors (Lipinski definition) is 3. The Bertz CT molecular complexity index is 581. The van der Waals surface area contributed by atoms with Crippen LogP contribution in [0.4, 0.5) is 22.0 Å². The Morgan fingerprint density at radius 2 is 2.17 bits per heavy atom. The highest BCUT2D eigenvalue weighted by Crippen LogP contribution is 2.24. The number of aromatic nitrogens is 2. The fourth-order valence-corrected chi connectivity index (χ4v) is 1.64. The molecule has 2 rings (SSSR count). The molecule has 0 bridgehead atoms. The van der Waals surface area contributed by atoms with E-state index in [1.807, 2.05) is 0 Å². The van der Waals surface area contributed by atoms with Crippen LogP contribution in [0.5, 0.6) is 0 Å². The first-order valence-corrected chi connectivity index (χ1v) is 5.55. The van der Waals surface area contributed by atoms with Crippen LogP contribution in [0.1, 0.15) is 0 Å². The van der Waals surface area contributed by atoms with Gasteiger partial charge in [0.1, 0.15) is 5.82 Å². The van der Waals surface area contributed by atoms with E-state index in [4.69, 9.17) is 17.3 Å². The molecule has 6 nitrogen and oxygen atoms in total. The minimum Gasteiger partial charge on any atom is -0.399 e. The van der Waals surface area contributed by atoms with Crippen molar-refractivity contribution >= 4 is 34.8 Å².